The zero-order chi connectivity index (χ0) is 32.2. The molecule has 1 heterocycles. The Balaban J connectivity index is 0.000000759. The maximum Gasteiger partial charge on any atom is 0.673 e. The van der Waals surface area contributed by atoms with Crippen molar-refractivity contribution < 1.29 is 43.5 Å². The van der Waals surface area contributed by atoms with Crippen molar-refractivity contribution in [1.82, 2.24) is 0 Å². The van der Waals surface area contributed by atoms with Crippen LogP contribution in [-0.4, -0.2) is 88.9 Å². The van der Waals surface area contributed by atoms with Crippen molar-refractivity contribution in [3.05, 3.63) is 48.5 Å². The summed E-state index contributed by atoms with van der Waals surface area (Å²) in [5.74, 6) is 0. The molecule has 4 nitrogen and oxygen atoms in total. The van der Waals surface area contributed by atoms with Crippen LogP contribution in [-0.2, 0) is 0 Å². The lowest BCUT2D eigenvalue weighted by Gasteiger charge is -2.44. The first-order valence-corrected chi connectivity index (χ1v) is 14.7. The number of hydrogen-bond acceptors (Lipinski definition) is 2. The van der Waals surface area contributed by atoms with Gasteiger partial charge in [0.25, 0.3) is 0 Å². The predicted molar refractivity (Wildman–Crippen MR) is 161 cm³/mol. The minimum atomic E-state index is -6.00. The van der Waals surface area contributed by atoms with E-state index < -0.39 is 14.5 Å². The van der Waals surface area contributed by atoms with E-state index in [1.54, 1.807) is 0 Å². The van der Waals surface area contributed by atoms with Crippen molar-refractivity contribution in [3.8, 4) is 0 Å². The van der Waals surface area contributed by atoms with E-state index in [-0.39, 0.29) is 0 Å². The van der Waals surface area contributed by atoms with Crippen LogP contribution >= 0.6 is 0 Å². The Morgan fingerprint density at radius 1 is 0.452 bits per heavy atom. The summed E-state index contributed by atoms with van der Waals surface area (Å²) in [6, 6.07) is 18.1. The topological polar surface area (TPSA) is 6.48 Å². The molecule has 2 aromatic carbocycles. The van der Waals surface area contributed by atoms with Crippen LogP contribution in [0.2, 0.25) is 0 Å². The molecule has 1 aliphatic heterocycles. The molecule has 0 saturated heterocycles. The van der Waals surface area contributed by atoms with Gasteiger partial charge in [-0.15, -0.1) is 0 Å². The largest absolute Gasteiger partial charge is 0.673 e. The first kappa shape index (κ1) is 37.6. The Labute approximate surface area is 246 Å². The summed E-state index contributed by atoms with van der Waals surface area (Å²) in [5, 5.41) is 0. The maximum atomic E-state index is 9.75. The zero-order valence-corrected chi connectivity index (χ0v) is 25.7. The number of para-hydroxylation sites is 4. The van der Waals surface area contributed by atoms with E-state index in [2.05, 4.69) is 99.9 Å². The first-order valence-electron chi connectivity index (χ1n) is 14.7. The van der Waals surface area contributed by atoms with Gasteiger partial charge in [0.2, 0.25) is 0 Å². The van der Waals surface area contributed by atoms with Gasteiger partial charge >= 0.3 is 14.5 Å². The second kappa shape index (κ2) is 16.4. The molecule has 42 heavy (non-hydrogen) atoms. The van der Waals surface area contributed by atoms with Crippen LogP contribution in [0.5, 0.6) is 0 Å². The van der Waals surface area contributed by atoms with E-state index in [4.69, 9.17) is 0 Å². The van der Waals surface area contributed by atoms with Crippen molar-refractivity contribution in [2.45, 2.75) is 41.5 Å². The van der Waals surface area contributed by atoms with Gasteiger partial charge in [0.05, 0.1) is 88.2 Å². The molecule has 0 aliphatic carbocycles. The van der Waals surface area contributed by atoms with Gasteiger partial charge in [0, 0.05) is 0 Å². The molecule has 0 fully saturated rings. The summed E-state index contributed by atoms with van der Waals surface area (Å²) in [6.45, 7) is 25.7. The van der Waals surface area contributed by atoms with E-state index in [9.17, 15) is 34.5 Å². The van der Waals surface area contributed by atoms with Gasteiger partial charge in [-0.25, -0.2) is 0 Å². The molecule has 0 spiro atoms. The summed E-state index contributed by atoms with van der Waals surface area (Å²) in [4.78, 5) is 5.16. The highest BCUT2D eigenvalue weighted by molar-refractivity contribution is 6.50. The predicted octanol–water partition coefficient (Wildman–Crippen LogP) is 8.63. The molecular weight excluding hydrogens is 566 g/mol. The number of nitrogens with zero attached hydrogens (tertiary/aromatic N) is 4. The molecule has 14 heteroatoms. The molecule has 0 N–H and O–H groups in total. The maximum absolute atomic E-state index is 9.75. The normalized spacial score (nSPS) is 13.4. The van der Waals surface area contributed by atoms with E-state index in [1.165, 1.54) is 84.1 Å². The van der Waals surface area contributed by atoms with Gasteiger partial charge < -0.3 is 53.3 Å². The molecular formula is C28H46B2F8N4. The lowest BCUT2D eigenvalue weighted by atomic mass is 10.1. The minimum absolute atomic E-state index is 1.05. The molecule has 0 aromatic heterocycles. The summed E-state index contributed by atoms with van der Waals surface area (Å²) >= 11 is 0. The third-order valence-electron chi connectivity index (χ3n) is 8.55. The fraction of sp³-hybridized carbons (Fsp3) is 0.571. The fourth-order valence-corrected chi connectivity index (χ4v) is 5.50. The number of rotatable bonds is 12. The molecule has 0 atom stereocenters. The Hall–Kier alpha value is -2.47. The Morgan fingerprint density at radius 3 is 0.810 bits per heavy atom. The highest BCUT2D eigenvalue weighted by atomic mass is 19.5. The zero-order valence-electron chi connectivity index (χ0n) is 25.7. The lowest BCUT2D eigenvalue weighted by Crippen LogP contribution is -2.52. The molecule has 1 aliphatic rings. The average Bonchev–Trinajstić information content (AvgIpc) is 2.93. The van der Waals surface area contributed by atoms with Crippen LogP contribution < -0.4 is 9.80 Å². The van der Waals surface area contributed by atoms with Crippen LogP contribution in [0.3, 0.4) is 0 Å². The molecule has 240 valence electrons. The van der Waals surface area contributed by atoms with Gasteiger partial charge in [-0.05, 0) is 65.8 Å². The van der Waals surface area contributed by atoms with E-state index in [1.807, 2.05) is 0 Å². The number of halogens is 8. The molecule has 3 rings (SSSR count). The molecule has 0 amide bonds. The second-order valence-corrected chi connectivity index (χ2v) is 10.3. The van der Waals surface area contributed by atoms with Crippen LogP contribution in [0, 0.1) is 0 Å². The van der Waals surface area contributed by atoms with Gasteiger partial charge in [0.1, 0.15) is 0 Å². The van der Waals surface area contributed by atoms with Crippen molar-refractivity contribution >= 4 is 37.3 Å². The van der Waals surface area contributed by atoms with E-state index >= 15 is 0 Å². The van der Waals surface area contributed by atoms with Gasteiger partial charge in [-0.2, -0.15) is 0 Å². The highest BCUT2D eigenvalue weighted by Crippen LogP contribution is 2.47. The Bertz CT molecular complexity index is 903. The van der Waals surface area contributed by atoms with Crippen molar-refractivity contribution in [2.24, 2.45) is 0 Å². The number of quaternary nitrogens is 2. The van der Waals surface area contributed by atoms with Crippen molar-refractivity contribution in [3.63, 3.8) is 0 Å². The fourth-order valence-electron chi connectivity index (χ4n) is 5.50. The second-order valence-electron chi connectivity index (χ2n) is 10.3. The number of anilines is 4. The van der Waals surface area contributed by atoms with Crippen molar-refractivity contribution in [2.75, 3.05) is 75.2 Å². The standard InChI is InChI=1S/C28H46N4.2BF4/c1-7-31(8-2,9-3)23-21-29-25-17-13-15-19-27(25)30(28-20-16-14-18-26(28)29)22-24-32(10-4,11-5)12-6;2*2-1(3,4)5/h13-20H,7-12,21-24H2,1-6H3;;/q+2;2*-1. The van der Waals surface area contributed by atoms with Crippen LogP contribution in [0.15, 0.2) is 48.5 Å². The van der Waals surface area contributed by atoms with Crippen LogP contribution in [0.25, 0.3) is 0 Å². The average molecular weight is 612 g/mol. The third-order valence-corrected chi connectivity index (χ3v) is 8.55. The number of hydrogen-bond donors (Lipinski definition) is 0. The number of benzene rings is 2. The SMILES string of the molecule is CC[N+](CC)(CC)CCN1c2ccccc2N(CC[N+](CC)(CC)CC)c2ccccc21.F[B-](F)(F)F.F[B-](F)(F)F. The molecule has 2 aromatic rings. The van der Waals surface area contributed by atoms with Gasteiger partial charge in [-0.3, -0.25) is 0 Å². The molecule has 0 bridgehead atoms. The van der Waals surface area contributed by atoms with Gasteiger partial charge in [-0.1, -0.05) is 24.3 Å². The Kier molecular flexibility index (Phi) is 14.7. The van der Waals surface area contributed by atoms with Crippen LogP contribution in [0.4, 0.5) is 57.3 Å². The summed E-state index contributed by atoms with van der Waals surface area (Å²) in [6.07, 6.45) is 0. The molecule has 0 radical (unpaired) electrons. The third kappa shape index (κ3) is 11.7. The van der Waals surface area contributed by atoms with E-state index in [0.29, 0.717) is 0 Å². The first-order chi connectivity index (χ1) is 19.5. The van der Waals surface area contributed by atoms with E-state index in [0.717, 1.165) is 13.1 Å². The summed E-state index contributed by atoms with van der Waals surface area (Å²) in [7, 11) is -12.0. The highest BCUT2D eigenvalue weighted by Gasteiger charge is 2.32. The number of fused-ring (bicyclic) bond motifs is 2. The lowest BCUT2D eigenvalue weighted by molar-refractivity contribution is -0.921. The van der Waals surface area contributed by atoms with Gasteiger partial charge in [0.15, 0.2) is 0 Å². The Morgan fingerprint density at radius 2 is 0.643 bits per heavy atom. The smallest absolute Gasteiger partial charge is 0.418 e. The van der Waals surface area contributed by atoms with Crippen LogP contribution in [0.1, 0.15) is 41.5 Å². The monoisotopic (exact) mass is 612 g/mol. The summed E-state index contributed by atoms with van der Waals surface area (Å²) in [5.41, 5.74) is 5.43. The summed E-state index contributed by atoms with van der Waals surface area (Å²) < 4.78 is 80.3. The number of likely N-dealkylation sites (N-methyl/N-ethyl adjacent to an activating group) is 2. The molecule has 0 unspecified atom stereocenters. The van der Waals surface area contributed by atoms with Crippen molar-refractivity contribution in [1.29, 1.82) is 0 Å². The quantitative estimate of drug-likeness (QED) is 0.135. The minimum Gasteiger partial charge on any atom is -0.418 e. The molecule has 0 saturated carbocycles.